The fourth-order valence-corrected chi connectivity index (χ4v) is 32.9. The zero-order chi connectivity index (χ0) is 21.9. The summed E-state index contributed by atoms with van der Waals surface area (Å²) in [5.74, 6) is 0. The van der Waals surface area contributed by atoms with Gasteiger partial charge in [-0.15, -0.1) is 0 Å². The highest BCUT2D eigenvalue weighted by molar-refractivity contribution is 6.89. The molecule has 0 atom stereocenters. The molecule has 0 aliphatic carbocycles. The van der Waals surface area contributed by atoms with Crippen LogP contribution in [-0.4, -0.2) is 49.9 Å². The highest BCUT2D eigenvalue weighted by Gasteiger charge is 2.41. The summed E-state index contributed by atoms with van der Waals surface area (Å²) >= 11 is 0. The molecule has 3 nitrogen and oxygen atoms in total. The van der Waals surface area contributed by atoms with E-state index in [9.17, 15) is 0 Å². The first kappa shape index (κ1) is 28.2. The van der Waals surface area contributed by atoms with Crippen molar-refractivity contribution in [1.29, 1.82) is 0 Å². The van der Waals surface area contributed by atoms with Crippen molar-refractivity contribution in [1.82, 2.24) is 0 Å². The van der Waals surface area contributed by atoms with Gasteiger partial charge in [-0.3, -0.25) is 0 Å². The van der Waals surface area contributed by atoms with Gasteiger partial charge in [0.05, 0.1) is 0 Å². The Hall–Kier alpha value is 1.18. The molecule has 0 saturated carbocycles. The van der Waals surface area contributed by atoms with E-state index >= 15 is 0 Å². The molecule has 0 bridgehead atoms. The Morgan fingerprint density at radius 2 is 0.704 bits per heavy atom. The summed E-state index contributed by atoms with van der Waals surface area (Å²) in [6.07, 6.45) is 0. The Morgan fingerprint density at radius 3 is 1.00 bits per heavy atom. The summed E-state index contributed by atoms with van der Waals surface area (Å²) in [5.41, 5.74) is 0. The Kier molecular flexibility index (Phi) is 9.96. The van der Waals surface area contributed by atoms with Gasteiger partial charge >= 0.3 is 8.56 Å². The van der Waals surface area contributed by atoms with Crippen molar-refractivity contribution in [3.8, 4) is 0 Å². The zero-order valence-electron chi connectivity index (χ0n) is 21.1. The summed E-state index contributed by atoms with van der Waals surface area (Å²) in [6, 6.07) is 5.03. The van der Waals surface area contributed by atoms with E-state index in [0.29, 0.717) is 0 Å². The van der Waals surface area contributed by atoms with E-state index in [1.165, 1.54) is 24.2 Å². The highest BCUT2D eigenvalue weighted by Crippen LogP contribution is 2.30. The van der Waals surface area contributed by atoms with Crippen molar-refractivity contribution in [2.45, 2.75) is 116 Å². The maximum atomic E-state index is 6.80. The van der Waals surface area contributed by atoms with E-state index in [4.69, 9.17) is 12.3 Å². The summed E-state index contributed by atoms with van der Waals surface area (Å²) in [4.78, 5) is 0. The van der Waals surface area contributed by atoms with Crippen LogP contribution >= 0.6 is 0 Å². The number of rotatable bonds is 12. The van der Waals surface area contributed by atoms with Gasteiger partial charge in [0, 0.05) is 8.07 Å². The van der Waals surface area contributed by atoms with Crippen LogP contribution in [0.15, 0.2) is 0 Å². The van der Waals surface area contributed by atoms with E-state index in [0.717, 1.165) is 0 Å². The first-order valence-electron chi connectivity index (χ1n) is 10.6. The van der Waals surface area contributed by atoms with Gasteiger partial charge in [0.25, 0.3) is 0 Å². The van der Waals surface area contributed by atoms with E-state index in [2.05, 4.69) is 91.7 Å². The molecule has 0 fully saturated rings. The van der Waals surface area contributed by atoms with Gasteiger partial charge in [0.15, 0.2) is 33.3 Å². The maximum Gasteiger partial charge on any atom is 0.311 e. The summed E-state index contributed by atoms with van der Waals surface area (Å²) in [5, 5.41) is 0. The van der Waals surface area contributed by atoms with Gasteiger partial charge < -0.3 is 12.3 Å². The molecule has 27 heavy (non-hydrogen) atoms. The summed E-state index contributed by atoms with van der Waals surface area (Å²) in [7, 11) is -9.57. The molecule has 0 N–H and O–H groups in total. The fraction of sp³-hybridized carbons (Fsp3) is 1.00. The second-order valence-corrected chi connectivity index (χ2v) is 39.8. The van der Waals surface area contributed by atoms with Crippen LogP contribution in [0.3, 0.4) is 0 Å². The standard InChI is InChI=1S/C18H50O3Si6/c1-22(2,3)15-16-25(9,10)20-27(13,14)21-26(11,12)18-17-24(7,8)19-23(4,5)6/h15-18H2,1-14H3. The Bertz CT molecular complexity index is 465. The molecule has 0 rings (SSSR count). The third-order valence-corrected chi connectivity index (χ3v) is 24.6. The van der Waals surface area contributed by atoms with Crippen molar-refractivity contribution in [2.75, 3.05) is 0 Å². The molecule has 0 aliphatic heterocycles. The zero-order valence-corrected chi connectivity index (χ0v) is 27.1. The SMILES string of the molecule is C[Si](C)(C)CC[Si](C)(C)O[Si](C)(C)O[Si](C)(C)CC[Si](C)(C)O[Si](C)(C)C. The average Bonchev–Trinajstić information content (AvgIpc) is 2.28. The average molecular weight is 483 g/mol. The lowest BCUT2D eigenvalue weighted by molar-refractivity contribution is 0.389. The quantitative estimate of drug-likeness (QED) is 0.269. The molecule has 0 amide bonds. The minimum atomic E-state index is -2.09. The van der Waals surface area contributed by atoms with E-state index in [1.807, 2.05) is 0 Å². The molecule has 0 saturated heterocycles. The second kappa shape index (κ2) is 9.54. The summed E-state index contributed by atoms with van der Waals surface area (Å²) in [6.45, 7) is 33.1. The molecule has 0 aromatic carbocycles. The normalized spacial score (nSPS) is 15.3. The lowest BCUT2D eigenvalue weighted by atomic mass is 10.9. The number of hydrogen-bond acceptors (Lipinski definition) is 3. The van der Waals surface area contributed by atoms with Crippen LogP contribution in [0.25, 0.3) is 0 Å². The summed E-state index contributed by atoms with van der Waals surface area (Å²) < 4.78 is 20.1. The highest BCUT2D eigenvalue weighted by atomic mass is 28.5. The van der Waals surface area contributed by atoms with Crippen LogP contribution in [0.1, 0.15) is 0 Å². The van der Waals surface area contributed by atoms with Gasteiger partial charge in [0.2, 0.25) is 0 Å². The Labute approximate surface area is 177 Å². The van der Waals surface area contributed by atoms with Crippen LogP contribution < -0.4 is 0 Å². The third kappa shape index (κ3) is 15.7. The molecule has 0 heterocycles. The molecular weight excluding hydrogens is 433 g/mol. The monoisotopic (exact) mass is 482 g/mol. The van der Waals surface area contributed by atoms with E-state index in [1.54, 1.807) is 0 Å². The molecule has 0 unspecified atom stereocenters. The minimum Gasteiger partial charge on any atom is -0.456 e. The number of hydrogen-bond donors (Lipinski definition) is 0. The molecule has 0 aromatic rings. The van der Waals surface area contributed by atoms with Gasteiger partial charge in [-0.05, 0) is 90.1 Å². The Balaban J connectivity index is 4.80. The fourth-order valence-electron chi connectivity index (χ4n) is 3.61. The van der Waals surface area contributed by atoms with Crippen LogP contribution in [0.2, 0.25) is 116 Å². The lowest BCUT2D eigenvalue weighted by Crippen LogP contribution is -2.53. The minimum absolute atomic E-state index is 1.01. The van der Waals surface area contributed by atoms with E-state index < -0.39 is 49.9 Å². The van der Waals surface area contributed by atoms with Crippen molar-refractivity contribution < 1.29 is 12.3 Å². The predicted molar refractivity (Wildman–Crippen MR) is 139 cm³/mol. The van der Waals surface area contributed by atoms with Crippen molar-refractivity contribution in [2.24, 2.45) is 0 Å². The molecular formula is C18H50O3Si6. The molecule has 0 aliphatic rings. The van der Waals surface area contributed by atoms with Gasteiger partial charge in [-0.2, -0.15) is 0 Å². The maximum absolute atomic E-state index is 6.80. The second-order valence-electron chi connectivity index (χ2n) is 12.7. The van der Waals surface area contributed by atoms with Gasteiger partial charge in [-0.1, -0.05) is 25.7 Å². The first-order chi connectivity index (χ1) is 11.5. The predicted octanol–water partition coefficient (Wildman–Crippen LogP) is 7.53. The van der Waals surface area contributed by atoms with Gasteiger partial charge in [0.1, 0.15) is 0 Å². The molecule has 0 aromatic heterocycles. The molecule has 0 spiro atoms. The van der Waals surface area contributed by atoms with Crippen molar-refractivity contribution >= 4 is 49.9 Å². The van der Waals surface area contributed by atoms with Crippen LogP contribution in [0.4, 0.5) is 0 Å². The largest absolute Gasteiger partial charge is 0.456 e. The van der Waals surface area contributed by atoms with Crippen molar-refractivity contribution in [3.05, 3.63) is 0 Å². The topological polar surface area (TPSA) is 27.7 Å². The van der Waals surface area contributed by atoms with Crippen LogP contribution in [-0.2, 0) is 12.3 Å². The van der Waals surface area contributed by atoms with E-state index in [-0.39, 0.29) is 0 Å². The van der Waals surface area contributed by atoms with Crippen molar-refractivity contribution in [3.63, 3.8) is 0 Å². The smallest absolute Gasteiger partial charge is 0.311 e. The molecule has 9 heteroatoms. The molecule has 164 valence electrons. The van der Waals surface area contributed by atoms with Gasteiger partial charge in [-0.25, -0.2) is 0 Å². The lowest BCUT2D eigenvalue weighted by Gasteiger charge is -2.40. The first-order valence-corrected chi connectivity index (χ1v) is 29.9. The van der Waals surface area contributed by atoms with Crippen LogP contribution in [0, 0.1) is 0 Å². The Morgan fingerprint density at radius 1 is 0.407 bits per heavy atom. The van der Waals surface area contributed by atoms with Crippen LogP contribution in [0.5, 0.6) is 0 Å². The third-order valence-electron chi connectivity index (χ3n) is 4.43. The molecule has 0 radical (unpaired) electrons.